The highest BCUT2D eigenvalue weighted by Gasteiger charge is 2.23. The molecule has 2 unspecified atom stereocenters. The number of hydrogen-bond acceptors (Lipinski definition) is 2. The van der Waals surface area contributed by atoms with Crippen molar-refractivity contribution >= 4 is 17.4 Å². The van der Waals surface area contributed by atoms with E-state index in [2.05, 4.69) is 6.92 Å². The van der Waals surface area contributed by atoms with Crippen LogP contribution in [0, 0.1) is 11.3 Å². The summed E-state index contributed by atoms with van der Waals surface area (Å²) < 4.78 is 5.99. The lowest BCUT2D eigenvalue weighted by atomic mass is 9.88. The third-order valence-corrected chi connectivity index (χ3v) is 3.86. The van der Waals surface area contributed by atoms with Gasteiger partial charge in [0.25, 0.3) is 0 Å². The highest BCUT2D eigenvalue weighted by Crippen LogP contribution is 2.30. The monoisotopic (exact) mass is 266 g/mol. The smallest absolute Gasteiger partial charge is 0.124 e. The molecule has 0 saturated heterocycles. The summed E-state index contributed by atoms with van der Waals surface area (Å²) in [6.45, 7) is 2.23. The van der Waals surface area contributed by atoms with Gasteiger partial charge in [0.15, 0.2) is 0 Å². The van der Waals surface area contributed by atoms with Crippen molar-refractivity contribution < 1.29 is 4.74 Å². The molecule has 0 spiro atoms. The zero-order valence-corrected chi connectivity index (χ0v) is 11.3. The van der Waals surface area contributed by atoms with Gasteiger partial charge in [-0.15, -0.1) is 0 Å². The number of nitrogen functional groups attached to an aromatic ring is 1. The van der Waals surface area contributed by atoms with E-state index in [1.165, 1.54) is 19.3 Å². The van der Waals surface area contributed by atoms with Crippen LogP contribution in [0.1, 0.15) is 38.2 Å². The first-order valence-electron chi connectivity index (χ1n) is 6.38. The number of halogens is 1. The summed E-state index contributed by atoms with van der Waals surface area (Å²) in [6.07, 6.45) is 5.13. The van der Waals surface area contributed by atoms with Crippen LogP contribution >= 0.6 is 11.6 Å². The molecule has 4 heteroatoms. The molecule has 1 aliphatic carbocycles. The van der Waals surface area contributed by atoms with Gasteiger partial charge in [-0.1, -0.05) is 24.9 Å². The Labute approximate surface area is 113 Å². The number of amidine groups is 1. The molecular formula is C14H19ClN2O. The molecule has 0 aliphatic heterocycles. The van der Waals surface area contributed by atoms with Crippen molar-refractivity contribution in [1.29, 1.82) is 5.41 Å². The molecule has 0 aromatic heterocycles. The van der Waals surface area contributed by atoms with Gasteiger partial charge in [-0.05, 0) is 43.4 Å². The largest absolute Gasteiger partial charge is 0.490 e. The molecule has 2 rings (SSSR count). The highest BCUT2D eigenvalue weighted by atomic mass is 35.5. The fraction of sp³-hybridized carbons (Fsp3) is 0.500. The molecule has 98 valence electrons. The average molecular weight is 267 g/mol. The SMILES string of the molecule is CC1CCCCC1Oc1ccc(C(=N)N)c(Cl)c1. The lowest BCUT2D eigenvalue weighted by Crippen LogP contribution is -2.28. The zero-order chi connectivity index (χ0) is 13.1. The van der Waals surface area contributed by atoms with Crippen LogP contribution in [0.3, 0.4) is 0 Å². The van der Waals surface area contributed by atoms with Crippen LogP contribution in [-0.2, 0) is 0 Å². The summed E-state index contributed by atoms with van der Waals surface area (Å²) >= 11 is 6.08. The minimum absolute atomic E-state index is 0.0161. The van der Waals surface area contributed by atoms with E-state index in [0.29, 0.717) is 16.5 Å². The fourth-order valence-corrected chi connectivity index (χ4v) is 2.69. The van der Waals surface area contributed by atoms with Crippen LogP contribution in [0.5, 0.6) is 5.75 Å². The van der Waals surface area contributed by atoms with Gasteiger partial charge in [0.2, 0.25) is 0 Å². The molecule has 3 N–H and O–H groups in total. The van der Waals surface area contributed by atoms with E-state index >= 15 is 0 Å². The molecule has 3 nitrogen and oxygen atoms in total. The lowest BCUT2D eigenvalue weighted by molar-refractivity contribution is 0.102. The number of nitrogens with one attached hydrogen (secondary N) is 1. The maximum atomic E-state index is 7.38. The quantitative estimate of drug-likeness (QED) is 0.649. The molecule has 0 bridgehead atoms. The Balaban J connectivity index is 2.10. The summed E-state index contributed by atoms with van der Waals surface area (Å²) in [5, 5.41) is 7.86. The van der Waals surface area contributed by atoms with Crippen LogP contribution < -0.4 is 10.5 Å². The zero-order valence-electron chi connectivity index (χ0n) is 10.6. The predicted molar refractivity (Wildman–Crippen MR) is 74.5 cm³/mol. The Kier molecular flexibility index (Phi) is 4.12. The van der Waals surface area contributed by atoms with Crippen molar-refractivity contribution in [1.82, 2.24) is 0 Å². The van der Waals surface area contributed by atoms with Crippen LogP contribution in [0.25, 0.3) is 0 Å². The van der Waals surface area contributed by atoms with Gasteiger partial charge in [-0.3, -0.25) is 5.41 Å². The van der Waals surface area contributed by atoms with Crippen molar-refractivity contribution in [3.8, 4) is 5.75 Å². The van der Waals surface area contributed by atoms with E-state index in [-0.39, 0.29) is 11.9 Å². The molecule has 18 heavy (non-hydrogen) atoms. The Morgan fingerprint density at radius 3 is 2.72 bits per heavy atom. The van der Waals surface area contributed by atoms with Gasteiger partial charge in [0, 0.05) is 5.56 Å². The molecule has 1 aromatic rings. The summed E-state index contributed by atoms with van der Waals surface area (Å²) in [6, 6.07) is 5.33. The fourth-order valence-electron chi connectivity index (χ4n) is 2.42. The minimum Gasteiger partial charge on any atom is -0.490 e. The number of rotatable bonds is 3. The number of nitrogens with two attached hydrogens (primary N) is 1. The first-order valence-corrected chi connectivity index (χ1v) is 6.76. The summed E-state index contributed by atoms with van der Waals surface area (Å²) in [5.41, 5.74) is 5.99. The van der Waals surface area contributed by atoms with Gasteiger partial charge in [0.05, 0.1) is 5.02 Å². The van der Waals surface area contributed by atoms with Gasteiger partial charge >= 0.3 is 0 Å². The van der Waals surface area contributed by atoms with Crippen LogP contribution in [-0.4, -0.2) is 11.9 Å². The molecule has 0 heterocycles. The van der Waals surface area contributed by atoms with E-state index in [0.717, 1.165) is 12.2 Å². The van der Waals surface area contributed by atoms with Crippen LogP contribution in [0.2, 0.25) is 5.02 Å². The normalized spacial score (nSPS) is 23.7. The van der Waals surface area contributed by atoms with Crippen LogP contribution in [0.4, 0.5) is 0 Å². The van der Waals surface area contributed by atoms with E-state index in [4.69, 9.17) is 27.5 Å². The first kappa shape index (κ1) is 13.2. The molecular weight excluding hydrogens is 248 g/mol. The third kappa shape index (κ3) is 2.96. The van der Waals surface area contributed by atoms with E-state index < -0.39 is 0 Å². The molecule has 2 atom stereocenters. The summed E-state index contributed by atoms with van der Waals surface area (Å²) in [7, 11) is 0. The van der Waals surface area contributed by atoms with E-state index in [1.807, 2.05) is 6.07 Å². The highest BCUT2D eigenvalue weighted by molar-refractivity contribution is 6.34. The van der Waals surface area contributed by atoms with Crippen molar-refractivity contribution in [3.63, 3.8) is 0 Å². The predicted octanol–water partition coefficient (Wildman–Crippen LogP) is 3.58. The second-order valence-electron chi connectivity index (χ2n) is 4.97. The van der Waals surface area contributed by atoms with Gasteiger partial charge < -0.3 is 10.5 Å². The molecule has 1 aromatic carbocycles. The second-order valence-corrected chi connectivity index (χ2v) is 5.38. The first-order chi connectivity index (χ1) is 8.58. The Morgan fingerprint density at radius 2 is 2.11 bits per heavy atom. The molecule has 1 saturated carbocycles. The standard InChI is InChI=1S/C14H19ClN2O/c1-9-4-2-3-5-13(9)18-10-6-7-11(14(16)17)12(15)8-10/h6-9,13H,2-5H2,1H3,(H3,16,17). The Morgan fingerprint density at radius 1 is 1.39 bits per heavy atom. The van der Waals surface area contributed by atoms with E-state index in [9.17, 15) is 0 Å². The molecule has 0 amide bonds. The maximum Gasteiger partial charge on any atom is 0.124 e. The Bertz CT molecular complexity index is 447. The second kappa shape index (κ2) is 5.61. The van der Waals surface area contributed by atoms with Crippen molar-refractivity contribution in [2.45, 2.75) is 38.7 Å². The maximum absolute atomic E-state index is 7.38. The van der Waals surface area contributed by atoms with Crippen molar-refractivity contribution in [3.05, 3.63) is 28.8 Å². The van der Waals surface area contributed by atoms with Gasteiger partial charge in [-0.25, -0.2) is 0 Å². The lowest BCUT2D eigenvalue weighted by Gasteiger charge is -2.29. The number of ether oxygens (including phenoxy) is 1. The molecule has 1 fully saturated rings. The topological polar surface area (TPSA) is 59.1 Å². The Hall–Kier alpha value is -1.22. The van der Waals surface area contributed by atoms with Crippen molar-refractivity contribution in [2.75, 3.05) is 0 Å². The molecule has 1 aliphatic rings. The minimum atomic E-state index is -0.0161. The van der Waals surface area contributed by atoms with Crippen molar-refractivity contribution in [2.24, 2.45) is 11.7 Å². The average Bonchev–Trinajstić information content (AvgIpc) is 2.32. The summed E-state index contributed by atoms with van der Waals surface area (Å²) in [4.78, 5) is 0. The van der Waals surface area contributed by atoms with Gasteiger partial charge in [0.1, 0.15) is 17.7 Å². The van der Waals surface area contributed by atoms with Gasteiger partial charge in [-0.2, -0.15) is 0 Å². The van der Waals surface area contributed by atoms with E-state index in [1.54, 1.807) is 12.1 Å². The van der Waals surface area contributed by atoms with Crippen LogP contribution in [0.15, 0.2) is 18.2 Å². The third-order valence-electron chi connectivity index (χ3n) is 3.55. The molecule has 0 radical (unpaired) electrons. The number of benzene rings is 1. The summed E-state index contributed by atoms with van der Waals surface area (Å²) in [5.74, 6) is 1.34. The number of hydrogen-bond donors (Lipinski definition) is 2.